The van der Waals surface area contributed by atoms with Crippen molar-refractivity contribution in [1.82, 2.24) is 14.7 Å². The Kier molecular flexibility index (Phi) is 38.2. The standard InChI is InChI=1S/C56H103N3O5/c1-5-8-11-14-17-26-33-50-63-55(60)36-29-22-18-24-31-42-57(44-45-58-46-48-59(49-47-58)51-52-38-40-53(62-4)41-39-52)43-32-25-19-23-30-37-56(61)64-54(34-27-20-15-12-9-6-2)35-28-21-16-13-10-7-3/h38-41,54H,5-37,42-51H2,1-4H3. The highest BCUT2D eigenvalue weighted by molar-refractivity contribution is 5.69. The number of unbranched alkanes of at least 4 members (excludes halogenated alkanes) is 24. The smallest absolute Gasteiger partial charge is 0.306 e. The van der Waals surface area contributed by atoms with E-state index in [1.54, 1.807) is 7.11 Å². The van der Waals surface area contributed by atoms with Crippen LogP contribution in [-0.4, -0.2) is 98.8 Å². The largest absolute Gasteiger partial charge is 0.497 e. The van der Waals surface area contributed by atoms with E-state index in [0.29, 0.717) is 19.4 Å². The number of methoxy groups -OCH3 is 1. The number of carbonyl (C=O) groups excluding carboxylic acids is 2. The van der Waals surface area contributed by atoms with Crippen LogP contribution in [0.2, 0.25) is 0 Å². The molecule has 372 valence electrons. The highest BCUT2D eigenvalue weighted by atomic mass is 16.5. The molecule has 64 heavy (non-hydrogen) atoms. The maximum atomic E-state index is 12.9. The predicted octanol–water partition coefficient (Wildman–Crippen LogP) is 14.5. The molecular formula is C56H103N3O5. The van der Waals surface area contributed by atoms with Crippen molar-refractivity contribution in [3.8, 4) is 5.75 Å². The summed E-state index contributed by atoms with van der Waals surface area (Å²) in [6.07, 6.45) is 38.9. The Labute approximate surface area is 396 Å². The van der Waals surface area contributed by atoms with Crippen molar-refractivity contribution in [2.45, 2.75) is 245 Å². The lowest BCUT2D eigenvalue weighted by Crippen LogP contribution is -2.48. The summed E-state index contributed by atoms with van der Waals surface area (Å²) < 4.78 is 17.0. The van der Waals surface area contributed by atoms with E-state index in [1.807, 2.05) is 0 Å². The van der Waals surface area contributed by atoms with E-state index < -0.39 is 0 Å². The summed E-state index contributed by atoms with van der Waals surface area (Å²) in [7, 11) is 1.73. The molecule has 1 aromatic carbocycles. The Morgan fingerprint density at radius 2 is 0.953 bits per heavy atom. The Morgan fingerprint density at radius 3 is 1.47 bits per heavy atom. The molecule has 8 nitrogen and oxygen atoms in total. The van der Waals surface area contributed by atoms with E-state index in [9.17, 15) is 9.59 Å². The first-order chi connectivity index (χ1) is 31.5. The molecule has 0 radical (unpaired) electrons. The average molecular weight is 898 g/mol. The van der Waals surface area contributed by atoms with Crippen LogP contribution in [0.4, 0.5) is 0 Å². The van der Waals surface area contributed by atoms with Crippen LogP contribution in [0, 0.1) is 0 Å². The van der Waals surface area contributed by atoms with Crippen molar-refractivity contribution in [3.63, 3.8) is 0 Å². The summed E-state index contributed by atoms with van der Waals surface area (Å²) in [5.41, 5.74) is 1.35. The molecule has 8 heteroatoms. The van der Waals surface area contributed by atoms with Gasteiger partial charge < -0.3 is 19.1 Å². The van der Waals surface area contributed by atoms with E-state index in [-0.39, 0.29) is 18.0 Å². The van der Waals surface area contributed by atoms with Crippen LogP contribution >= 0.6 is 0 Å². The third kappa shape index (κ3) is 33.3. The second-order valence-corrected chi connectivity index (χ2v) is 19.4. The number of carbonyl (C=O) groups is 2. The zero-order valence-corrected chi connectivity index (χ0v) is 42.7. The summed E-state index contributed by atoms with van der Waals surface area (Å²) in [5.74, 6) is 0.945. The molecule has 1 aliphatic rings. The number of esters is 2. The van der Waals surface area contributed by atoms with E-state index in [0.717, 1.165) is 110 Å². The van der Waals surface area contributed by atoms with Gasteiger partial charge in [0.2, 0.25) is 0 Å². The molecule has 1 saturated heterocycles. The lowest BCUT2D eigenvalue weighted by molar-refractivity contribution is -0.150. The summed E-state index contributed by atoms with van der Waals surface area (Å²) in [6, 6.07) is 8.51. The van der Waals surface area contributed by atoms with Crippen molar-refractivity contribution in [3.05, 3.63) is 29.8 Å². The number of ether oxygens (including phenoxy) is 3. The predicted molar refractivity (Wildman–Crippen MR) is 271 cm³/mol. The van der Waals surface area contributed by atoms with Crippen LogP contribution < -0.4 is 4.74 Å². The monoisotopic (exact) mass is 898 g/mol. The van der Waals surface area contributed by atoms with Crippen LogP contribution in [0.25, 0.3) is 0 Å². The Bertz CT molecular complexity index is 1170. The molecule has 0 spiro atoms. The first-order valence-corrected chi connectivity index (χ1v) is 27.6. The fraction of sp³-hybridized carbons (Fsp3) is 0.857. The van der Waals surface area contributed by atoms with Crippen LogP contribution in [0.3, 0.4) is 0 Å². The molecule has 0 aliphatic carbocycles. The number of hydrogen-bond acceptors (Lipinski definition) is 8. The Morgan fingerprint density at radius 1 is 0.516 bits per heavy atom. The van der Waals surface area contributed by atoms with E-state index in [4.69, 9.17) is 14.2 Å². The van der Waals surface area contributed by atoms with Gasteiger partial charge >= 0.3 is 11.9 Å². The van der Waals surface area contributed by atoms with Crippen LogP contribution in [0.1, 0.15) is 238 Å². The Hall–Kier alpha value is -2.16. The molecule has 0 aromatic heterocycles. The Balaban J connectivity index is 1.69. The van der Waals surface area contributed by atoms with E-state index in [1.165, 1.54) is 160 Å². The van der Waals surface area contributed by atoms with Gasteiger partial charge in [-0.1, -0.05) is 174 Å². The van der Waals surface area contributed by atoms with Crippen molar-refractivity contribution < 1.29 is 23.8 Å². The van der Waals surface area contributed by atoms with Crippen LogP contribution in [0.5, 0.6) is 5.75 Å². The summed E-state index contributed by atoms with van der Waals surface area (Å²) in [5, 5.41) is 0. The third-order valence-corrected chi connectivity index (χ3v) is 13.5. The van der Waals surface area contributed by atoms with Crippen molar-refractivity contribution in [1.29, 1.82) is 0 Å². The highest BCUT2D eigenvalue weighted by Gasteiger charge is 2.18. The normalized spacial score (nSPS) is 13.6. The molecule has 0 atom stereocenters. The second kappa shape index (κ2) is 42.2. The van der Waals surface area contributed by atoms with E-state index >= 15 is 0 Å². The van der Waals surface area contributed by atoms with Gasteiger partial charge in [0.15, 0.2) is 0 Å². The minimum Gasteiger partial charge on any atom is -0.497 e. The highest BCUT2D eigenvalue weighted by Crippen LogP contribution is 2.19. The molecule has 0 saturated carbocycles. The molecule has 1 aliphatic heterocycles. The molecule has 2 rings (SSSR count). The number of piperazine rings is 1. The number of benzene rings is 1. The third-order valence-electron chi connectivity index (χ3n) is 13.5. The van der Waals surface area contributed by atoms with Crippen LogP contribution in [0.15, 0.2) is 24.3 Å². The molecule has 1 heterocycles. The number of hydrogen-bond donors (Lipinski definition) is 0. The maximum Gasteiger partial charge on any atom is 0.306 e. The summed E-state index contributed by atoms with van der Waals surface area (Å²) in [4.78, 5) is 33.1. The number of rotatable bonds is 45. The molecular weight excluding hydrogens is 795 g/mol. The average Bonchev–Trinajstić information content (AvgIpc) is 3.30. The van der Waals surface area contributed by atoms with Crippen molar-refractivity contribution in [2.75, 3.05) is 66.1 Å². The molecule has 0 amide bonds. The van der Waals surface area contributed by atoms with Crippen molar-refractivity contribution in [2.24, 2.45) is 0 Å². The van der Waals surface area contributed by atoms with Gasteiger partial charge in [-0.3, -0.25) is 19.4 Å². The van der Waals surface area contributed by atoms with Crippen molar-refractivity contribution >= 4 is 11.9 Å². The summed E-state index contributed by atoms with van der Waals surface area (Å²) >= 11 is 0. The van der Waals surface area contributed by atoms with Crippen LogP contribution in [-0.2, 0) is 25.6 Å². The first kappa shape index (κ1) is 58.0. The van der Waals surface area contributed by atoms with Gasteiger partial charge in [-0.15, -0.1) is 0 Å². The van der Waals surface area contributed by atoms with E-state index in [2.05, 4.69) is 59.7 Å². The maximum absolute atomic E-state index is 12.9. The molecule has 1 aromatic rings. The second-order valence-electron chi connectivity index (χ2n) is 19.4. The fourth-order valence-electron chi connectivity index (χ4n) is 9.18. The molecule has 1 fully saturated rings. The lowest BCUT2D eigenvalue weighted by Gasteiger charge is -2.36. The van der Waals surface area contributed by atoms with Gasteiger partial charge in [-0.05, 0) is 88.6 Å². The molecule has 0 unspecified atom stereocenters. The zero-order valence-electron chi connectivity index (χ0n) is 42.7. The first-order valence-electron chi connectivity index (χ1n) is 27.6. The van der Waals surface area contributed by atoms with Gasteiger partial charge in [-0.25, -0.2) is 0 Å². The van der Waals surface area contributed by atoms with Gasteiger partial charge in [-0.2, -0.15) is 0 Å². The topological polar surface area (TPSA) is 71.6 Å². The molecule has 0 bridgehead atoms. The van der Waals surface area contributed by atoms with Gasteiger partial charge in [0.05, 0.1) is 13.7 Å². The zero-order chi connectivity index (χ0) is 46.0. The minimum absolute atomic E-state index is 0.00935. The minimum atomic E-state index is -0.00935. The lowest BCUT2D eigenvalue weighted by atomic mass is 10.0. The SMILES string of the molecule is CCCCCCCCCOC(=O)CCCCCCCN(CCCCCCCC(=O)OC(CCCCCCCC)CCCCCCCC)CCN1CCN(Cc2ccc(OC)cc2)CC1. The number of nitrogens with zero attached hydrogens (tertiary/aromatic N) is 3. The summed E-state index contributed by atoms with van der Waals surface area (Å²) in [6.45, 7) is 17.5. The fourth-order valence-corrected chi connectivity index (χ4v) is 9.18. The molecule has 0 N–H and O–H groups in total. The van der Waals surface area contributed by atoms with Gasteiger partial charge in [0, 0.05) is 58.7 Å². The quantitative estimate of drug-likeness (QED) is 0.0474. The van der Waals surface area contributed by atoms with Gasteiger partial charge in [0.25, 0.3) is 0 Å². The van der Waals surface area contributed by atoms with Gasteiger partial charge in [0.1, 0.15) is 11.9 Å².